The summed E-state index contributed by atoms with van der Waals surface area (Å²) in [6, 6.07) is 18.3. The van der Waals surface area contributed by atoms with Gasteiger partial charge in [-0.2, -0.15) is 0 Å². The molecule has 1 aromatic heterocycles. The Balaban J connectivity index is 1.32. The smallest absolute Gasteiger partial charge is 0.312 e. The van der Waals surface area contributed by atoms with Gasteiger partial charge in [-0.25, -0.2) is 4.98 Å². The molecule has 0 N–H and O–H groups in total. The van der Waals surface area contributed by atoms with Crippen molar-refractivity contribution in [2.24, 2.45) is 7.05 Å². The Morgan fingerprint density at radius 2 is 1.87 bits per heavy atom. The van der Waals surface area contributed by atoms with Crippen LogP contribution in [0.2, 0.25) is 0 Å². The Morgan fingerprint density at radius 1 is 1.05 bits per heavy atom. The van der Waals surface area contributed by atoms with Crippen molar-refractivity contribution < 1.29 is 28.5 Å². The van der Waals surface area contributed by atoms with Gasteiger partial charge in [-0.05, 0) is 42.0 Å². The van der Waals surface area contributed by atoms with Crippen molar-refractivity contribution in [1.82, 2.24) is 9.55 Å². The molecule has 38 heavy (non-hydrogen) atoms. The second kappa shape index (κ2) is 9.55. The fraction of sp³-hybridized carbons (Fsp3) is 0.167. The monoisotopic (exact) mass is 508 g/mol. The number of aryl methyl sites for hydroxylation is 1. The molecule has 0 amide bonds. The van der Waals surface area contributed by atoms with Gasteiger partial charge in [0.2, 0.25) is 5.78 Å². The SMILES string of the molecule is COc1ccccc1C=C1Oc2c(ccc3c2C(c2ccc(OCc4nccn4C)cc2)CC(=O)O3)C1=O. The van der Waals surface area contributed by atoms with Crippen LogP contribution < -0.4 is 18.9 Å². The van der Waals surface area contributed by atoms with Crippen LogP contribution in [-0.4, -0.2) is 28.4 Å². The molecule has 190 valence electrons. The van der Waals surface area contributed by atoms with Crippen molar-refractivity contribution >= 4 is 17.8 Å². The minimum Gasteiger partial charge on any atom is -0.496 e. The molecule has 4 aromatic rings. The van der Waals surface area contributed by atoms with Crippen LogP contribution in [0.4, 0.5) is 0 Å². The second-order valence-corrected chi connectivity index (χ2v) is 9.08. The number of rotatable bonds is 6. The number of benzene rings is 3. The van der Waals surface area contributed by atoms with Crippen LogP contribution in [0, 0.1) is 0 Å². The second-order valence-electron chi connectivity index (χ2n) is 9.08. The quantitative estimate of drug-likeness (QED) is 0.204. The molecule has 1 atom stereocenters. The Bertz CT molecular complexity index is 1580. The zero-order chi connectivity index (χ0) is 26.2. The van der Waals surface area contributed by atoms with Gasteiger partial charge in [0.1, 0.15) is 35.4 Å². The first kappa shape index (κ1) is 23.5. The first-order valence-electron chi connectivity index (χ1n) is 12.2. The van der Waals surface area contributed by atoms with E-state index in [1.807, 2.05) is 66.3 Å². The first-order valence-corrected chi connectivity index (χ1v) is 12.2. The molecule has 0 saturated heterocycles. The summed E-state index contributed by atoms with van der Waals surface area (Å²) in [7, 11) is 3.49. The van der Waals surface area contributed by atoms with Crippen molar-refractivity contribution in [2.45, 2.75) is 18.9 Å². The summed E-state index contributed by atoms with van der Waals surface area (Å²) < 4.78 is 24.9. The van der Waals surface area contributed by atoms with Gasteiger partial charge in [0.25, 0.3) is 0 Å². The number of hydrogen-bond acceptors (Lipinski definition) is 7. The predicted octanol–water partition coefficient (Wildman–Crippen LogP) is 5.06. The van der Waals surface area contributed by atoms with Crippen molar-refractivity contribution in [1.29, 1.82) is 0 Å². The number of fused-ring (bicyclic) bond motifs is 3. The third-order valence-electron chi connectivity index (χ3n) is 6.78. The topological polar surface area (TPSA) is 88.9 Å². The Hall–Kier alpha value is -4.85. The number of esters is 1. The van der Waals surface area contributed by atoms with Crippen molar-refractivity contribution in [3.05, 3.63) is 107 Å². The molecular weight excluding hydrogens is 484 g/mol. The Kier molecular flexibility index (Phi) is 5.92. The van der Waals surface area contributed by atoms with Gasteiger partial charge >= 0.3 is 5.97 Å². The lowest BCUT2D eigenvalue weighted by Crippen LogP contribution is -2.21. The zero-order valence-electron chi connectivity index (χ0n) is 20.8. The highest BCUT2D eigenvalue weighted by atomic mass is 16.5. The summed E-state index contributed by atoms with van der Waals surface area (Å²) in [5.74, 6) is 2.21. The number of imidazole rings is 1. The lowest BCUT2D eigenvalue weighted by molar-refractivity contribution is -0.135. The highest BCUT2D eigenvalue weighted by molar-refractivity contribution is 6.15. The van der Waals surface area contributed by atoms with Gasteiger partial charge in [-0.15, -0.1) is 0 Å². The van der Waals surface area contributed by atoms with E-state index in [4.69, 9.17) is 18.9 Å². The van der Waals surface area contributed by atoms with Crippen molar-refractivity contribution in [3.63, 3.8) is 0 Å². The summed E-state index contributed by atoms with van der Waals surface area (Å²) in [5.41, 5.74) is 2.73. The van der Waals surface area contributed by atoms with Gasteiger partial charge in [0.05, 0.1) is 19.1 Å². The lowest BCUT2D eigenvalue weighted by atomic mass is 9.84. The predicted molar refractivity (Wildman–Crippen MR) is 138 cm³/mol. The van der Waals surface area contributed by atoms with Gasteiger partial charge in [-0.1, -0.05) is 30.3 Å². The van der Waals surface area contributed by atoms with Crippen molar-refractivity contribution in [3.8, 4) is 23.0 Å². The fourth-order valence-electron chi connectivity index (χ4n) is 4.80. The molecule has 8 nitrogen and oxygen atoms in total. The van der Waals surface area contributed by atoms with Crippen LogP contribution in [0.5, 0.6) is 23.0 Å². The Labute approximate surface area is 219 Å². The number of ether oxygens (including phenoxy) is 4. The third-order valence-corrected chi connectivity index (χ3v) is 6.78. The maximum absolute atomic E-state index is 13.3. The normalized spacial score (nSPS) is 17.0. The highest BCUT2D eigenvalue weighted by Gasteiger charge is 2.38. The summed E-state index contributed by atoms with van der Waals surface area (Å²) in [4.78, 5) is 30.0. The number of methoxy groups -OCH3 is 1. The minimum absolute atomic E-state index is 0.125. The van der Waals surface area contributed by atoms with E-state index in [0.717, 1.165) is 17.0 Å². The third kappa shape index (κ3) is 4.20. The number of hydrogen-bond donors (Lipinski definition) is 0. The van der Waals surface area contributed by atoms with E-state index in [0.29, 0.717) is 40.7 Å². The summed E-state index contributed by atoms with van der Waals surface area (Å²) in [5, 5.41) is 0. The van der Waals surface area contributed by atoms with Crippen LogP contribution in [0.15, 0.2) is 78.8 Å². The molecule has 0 saturated carbocycles. The standard InChI is InChI=1S/C30H24N2O6/c1-32-14-13-31-26(32)17-36-20-9-7-18(8-10-20)22-16-27(33)37-24-12-11-21-29(34)25(38-30(21)28(22)24)15-19-5-3-4-6-23(19)35-2/h3-15,22H,16-17H2,1-2H3. The zero-order valence-corrected chi connectivity index (χ0v) is 20.8. The van der Waals surface area contributed by atoms with E-state index in [9.17, 15) is 9.59 Å². The lowest BCUT2D eigenvalue weighted by Gasteiger charge is -2.26. The van der Waals surface area contributed by atoms with Gasteiger partial charge in [0.15, 0.2) is 5.76 Å². The summed E-state index contributed by atoms with van der Waals surface area (Å²) >= 11 is 0. The molecule has 1 unspecified atom stereocenters. The van der Waals surface area contributed by atoms with Crippen LogP contribution >= 0.6 is 0 Å². The van der Waals surface area contributed by atoms with E-state index in [1.165, 1.54) is 0 Å². The van der Waals surface area contributed by atoms with E-state index in [2.05, 4.69) is 4.98 Å². The molecule has 6 rings (SSSR count). The minimum atomic E-state index is -0.344. The number of aromatic nitrogens is 2. The summed E-state index contributed by atoms with van der Waals surface area (Å²) in [6.45, 7) is 0.339. The summed E-state index contributed by atoms with van der Waals surface area (Å²) in [6.07, 6.45) is 5.39. The number of carbonyl (C=O) groups is 2. The average molecular weight is 509 g/mol. The van der Waals surface area contributed by atoms with Crippen LogP contribution in [-0.2, 0) is 18.4 Å². The van der Waals surface area contributed by atoms with E-state index < -0.39 is 0 Å². The highest BCUT2D eigenvalue weighted by Crippen LogP contribution is 2.49. The molecule has 2 aliphatic heterocycles. The van der Waals surface area contributed by atoms with E-state index in [-0.39, 0.29) is 29.9 Å². The van der Waals surface area contributed by atoms with E-state index >= 15 is 0 Å². The van der Waals surface area contributed by atoms with Gasteiger partial charge in [-0.3, -0.25) is 9.59 Å². The Morgan fingerprint density at radius 3 is 2.63 bits per heavy atom. The van der Waals surface area contributed by atoms with Crippen LogP contribution in [0.25, 0.3) is 6.08 Å². The van der Waals surface area contributed by atoms with Gasteiger partial charge in [0, 0.05) is 36.5 Å². The fourth-order valence-corrected chi connectivity index (χ4v) is 4.80. The number of para-hydroxylation sites is 1. The number of carbonyl (C=O) groups excluding carboxylic acids is 2. The molecule has 3 heterocycles. The average Bonchev–Trinajstić information content (AvgIpc) is 3.49. The van der Waals surface area contributed by atoms with Gasteiger partial charge < -0.3 is 23.5 Å². The number of Topliss-reactive ketones (excluding diaryl/α,β-unsaturated/α-hetero) is 1. The molecule has 0 spiro atoms. The molecule has 8 heteroatoms. The van der Waals surface area contributed by atoms with E-state index in [1.54, 1.807) is 31.5 Å². The molecule has 0 radical (unpaired) electrons. The molecule has 0 fully saturated rings. The number of allylic oxidation sites excluding steroid dienone is 1. The molecule has 0 aliphatic carbocycles. The maximum Gasteiger partial charge on any atom is 0.312 e. The molecule has 0 bridgehead atoms. The largest absolute Gasteiger partial charge is 0.496 e. The number of ketones is 1. The number of nitrogens with zero attached hydrogens (tertiary/aromatic N) is 2. The van der Waals surface area contributed by atoms with Crippen LogP contribution in [0.3, 0.4) is 0 Å². The van der Waals surface area contributed by atoms with Crippen molar-refractivity contribution in [2.75, 3.05) is 7.11 Å². The first-order chi connectivity index (χ1) is 18.5. The van der Waals surface area contributed by atoms with Crippen LogP contribution in [0.1, 0.15) is 45.2 Å². The molecular formula is C30H24N2O6. The molecule has 2 aliphatic rings. The maximum atomic E-state index is 13.3. The molecule has 3 aromatic carbocycles.